The van der Waals surface area contributed by atoms with Crippen LogP contribution in [-0.4, -0.2) is 17.5 Å². The van der Waals surface area contributed by atoms with Crippen molar-refractivity contribution in [2.75, 3.05) is 6.61 Å². The Bertz CT molecular complexity index is 322. The standard InChI is InChI=1S/C16H26O2/c1-11(18)2-3-15-14-7-12-6-13(8-14)10-16(15,9-12)4-5-17/h12-15,17H,2-10H2,1H3. The molecule has 1 N–H and O–H groups in total. The van der Waals surface area contributed by atoms with Crippen molar-refractivity contribution >= 4 is 5.78 Å². The molecule has 0 amide bonds. The third-order valence-electron chi connectivity index (χ3n) is 6.10. The van der Waals surface area contributed by atoms with Gasteiger partial charge in [0.25, 0.3) is 0 Å². The first-order valence-electron chi connectivity index (χ1n) is 7.73. The van der Waals surface area contributed by atoms with Gasteiger partial charge in [-0.2, -0.15) is 0 Å². The van der Waals surface area contributed by atoms with Crippen molar-refractivity contribution in [3.8, 4) is 0 Å². The first kappa shape index (κ1) is 12.7. The van der Waals surface area contributed by atoms with Crippen LogP contribution in [-0.2, 0) is 4.79 Å². The van der Waals surface area contributed by atoms with Crippen molar-refractivity contribution in [2.24, 2.45) is 29.1 Å². The summed E-state index contributed by atoms with van der Waals surface area (Å²) >= 11 is 0. The highest BCUT2D eigenvalue weighted by molar-refractivity contribution is 5.75. The van der Waals surface area contributed by atoms with Crippen molar-refractivity contribution < 1.29 is 9.90 Å². The summed E-state index contributed by atoms with van der Waals surface area (Å²) in [6.45, 7) is 2.05. The zero-order valence-electron chi connectivity index (χ0n) is 11.5. The van der Waals surface area contributed by atoms with Gasteiger partial charge in [0.2, 0.25) is 0 Å². The average molecular weight is 250 g/mol. The lowest BCUT2D eigenvalue weighted by Crippen LogP contribution is -2.53. The molecule has 0 aromatic rings. The molecule has 0 aliphatic heterocycles. The van der Waals surface area contributed by atoms with Gasteiger partial charge in [0.1, 0.15) is 5.78 Å². The Morgan fingerprint density at radius 2 is 1.89 bits per heavy atom. The van der Waals surface area contributed by atoms with Crippen LogP contribution in [0.15, 0.2) is 0 Å². The van der Waals surface area contributed by atoms with E-state index in [-0.39, 0.29) is 0 Å². The third kappa shape index (κ3) is 2.03. The van der Waals surface area contributed by atoms with E-state index in [0.717, 1.165) is 42.9 Å². The Balaban J connectivity index is 1.79. The number of carbonyl (C=O) groups excluding carboxylic acids is 1. The Kier molecular flexibility index (Phi) is 3.25. The molecule has 0 saturated heterocycles. The summed E-state index contributed by atoms with van der Waals surface area (Å²) in [5.74, 6) is 3.79. The third-order valence-corrected chi connectivity index (χ3v) is 6.10. The maximum atomic E-state index is 11.3. The number of Topliss-reactive ketones (excluding diaryl/α,β-unsaturated/α-hetero) is 1. The summed E-state index contributed by atoms with van der Waals surface area (Å²) < 4.78 is 0. The van der Waals surface area contributed by atoms with Gasteiger partial charge in [0, 0.05) is 13.0 Å². The first-order valence-corrected chi connectivity index (χ1v) is 7.73. The van der Waals surface area contributed by atoms with Gasteiger partial charge in [-0.3, -0.25) is 0 Å². The van der Waals surface area contributed by atoms with Gasteiger partial charge in [0.05, 0.1) is 0 Å². The maximum absolute atomic E-state index is 11.3. The topological polar surface area (TPSA) is 37.3 Å². The van der Waals surface area contributed by atoms with E-state index in [0.29, 0.717) is 17.8 Å². The molecule has 3 atom stereocenters. The monoisotopic (exact) mass is 250 g/mol. The summed E-state index contributed by atoms with van der Waals surface area (Å²) in [5, 5.41) is 9.45. The summed E-state index contributed by atoms with van der Waals surface area (Å²) in [6.07, 6.45) is 9.76. The van der Waals surface area contributed by atoms with E-state index >= 15 is 0 Å². The molecule has 4 aliphatic carbocycles. The molecule has 0 aromatic heterocycles. The van der Waals surface area contributed by atoms with E-state index < -0.39 is 0 Å². The van der Waals surface area contributed by atoms with E-state index in [4.69, 9.17) is 0 Å². The van der Waals surface area contributed by atoms with Gasteiger partial charge in [-0.25, -0.2) is 0 Å². The predicted octanol–water partition coefficient (Wildman–Crippen LogP) is 3.18. The van der Waals surface area contributed by atoms with Gasteiger partial charge in [-0.05, 0) is 81.0 Å². The first-order chi connectivity index (χ1) is 8.63. The Hall–Kier alpha value is -0.370. The quantitative estimate of drug-likeness (QED) is 0.813. The highest BCUT2D eigenvalue weighted by atomic mass is 16.3. The second-order valence-electron chi connectivity index (χ2n) is 7.29. The van der Waals surface area contributed by atoms with Crippen LogP contribution < -0.4 is 0 Å². The molecule has 4 bridgehead atoms. The summed E-state index contributed by atoms with van der Waals surface area (Å²) in [4.78, 5) is 11.3. The van der Waals surface area contributed by atoms with Crippen molar-refractivity contribution in [3.05, 3.63) is 0 Å². The van der Waals surface area contributed by atoms with Crippen molar-refractivity contribution in [3.63, 3.8) is 0 Å². The number of aliphatic hydroxyl groups is 1. The van der Waals surface area contributed by atoms with Gasteiger partial charge in [0.15, 0.2) is 0 Å². The van der Waals surface area contributed by atoms with Crippen molar-refractivity contribution in [1.29, 1.82) is 0 Å². The van der Waals surface area contributed by atoms with Crippen molar-refractivity contribution in [2.45, 2.75) is 58.3 Å². The zero-order valence-corrected chi connectivity index (χ0v) is 11.5. The number of hydrogen-bond donors (Lipinski definition) is 1. The van der Waals surface area contributed by atoms with E-state index in [9.17, 15) is 9.90 Å². The van der Waals surface area contributed by atoms with E-state index in [1.165, 1.54) is 32.1 Å². The number of hydrogen-bond acceptors (Lipinski definition) is 2. The van der Waals surface area contributed by atoms with Crippen molar-refractivity contribution in [1.82, 2.24) is 0 Å². The molecule has 18 heavy (non-hydrogen) atoms. The summed E-state index contributed by atoms with van der Waals surface area (Å²) in [6, 6.07) is 0. The number of rotatable bonds is 5. The second kappa shape index (κ2) is 4.63. The molecule has 102 valence electrons. The summed E-state index contributed by atoms with van der Waals surface area (Å²) in [5.41, 5.74) is 0.402. The highest BCUT2D eigenvalue weighted by Crippen LogP contribution is 2.65. The van der Waals surface area contributed by atoms with Gasteiger partial charge < -0.3 is 9.90 Å². The minimum Gasteiger partial charge on any atom is -0.396 e. The molecule has 0 heterocycles. The Morgan fingerprint density at radius 3 is 2.44 bits per heavy atom. The molecule has 4 rings (SSSR count). The van der Waals surface area contributed by atoms with Crippen LogP contribution in [0.3, 0.4) is 0 Å². The molecule has 2 heteroatoms. The minimum absolute atomic E-state index is 0.336. The van der Waals surface area contributed by atoms with Crippen LogP contribution in [0.5, 0.6) is 0 Å². The molecule has 0 radical (unpaired) electrons. The van der Waals surface area contributed by atoms with Crippen LogP contribution >= 0.6 is 0 Å². The van der Waals surface area contributed by atoms with Crippen LogP contribution in [0.1, 0.15) is 58.3 Å². The second-order valence-corrected chi connectivity index (χ2v) is 7.29. The molecular weight excluding hydrogens is 224 g/mol. The molecule has 3 unspecified atom stereocenters. The molecule has 4 fully saturated rings. The zero-order chi connectivity index (χ0) is 12.8. The normalized spacial score (nSPS) is 45.4. The molecule has 2 nitrogen and oxygen atoms in total. The molecular formula is C16H26O2. The minimum atomic E-state index is 0.336. The average Bonchev–Trinajstić information content (AvgIpc) is 2.26. The Labute approximate surface area is 110 Å². The molecule has 4 aliphatic rings. The fourth-order valence-electron chi connectivity index (χ4n) is 5.83. The lowest BCUT2D eigenvalue weighted by Gasteiger charge is -2.61. The molecule has 0 spiro atoms. The molecule has 4 saturated carbocycles. The number of aliphatic hydroxyl groups excluding tert-OH is 1. The summed E-state index contributed by atoms with van der Waals surface area (Å²) in [7, 11) is 0. The predicted molar refractivity (Wildman–Crippen MR) is 71.1 cm³/mol. The molecule has 0 aromatic carbocycles. The maximum Gasteiger partial charge on any atom is 0.129 e. The van der Waals surface area contributed by atoms with E-state index in [1.54, 1.807) is 6.92 Å². The fourth-order valence-corrected chi connectivity index (χ4v) is 5.83. The SMILES string of the molecule is CC(=O)CCC1C2CC3CC(C2)CC1(CCO)C3. The Morgan fingerprint density at radius 1 is 1.22 bits per heavy atom. The number of carbonyl (C=O) groups is 1. The largest absolute Gasteiger partial charge is 0.396 e. The van der Waals surface area contributed by atoms with E-state index in [1.807, 2.05) is 0 Å². The van der Waals surface area contributed by atoms with Crippen LogP contribution in [0.25, 0.3) is 0 Å². The number of ketones is 1. The van der Waals surface area contributed by atoms with Crippen LogP contribution in [0, 0.1) is 29.1 Å². The van der Waals surface area contributed by atoms with Gasteiger partial charge in [-0.1, -0.05) is 0 Å². The van der Waals surface area contributed by atoms with Crippen LogP contribution in [0.2, 0.25) is 0 Å². The fraction of sp³-hybridized carbons (Fsp3) is 0.938. The van der Waals surface area contributed by atoms with Crippen LogP contribution in [0.4, 0.5) is 0 Å². The lowest BCUT2D eigenvalue weighted by atomic mass is 9.43. The highest BCUT2D eigenvalue weighted by Gasteiger charge is 2.55. The van der Waals surface area contributed by atoms with Gasteiger partial charge >= 0.3 is 0 Å². The van der Waals surface area contributed by atoms with Gasteiger partial charge in [-0.15, -0.1) is 0 Å². The lowest BCUT2D eigenvalue weighted by molar-refractivity contribution is -0.128. The van der Waals surface area contributed by atoms with E-state index in [2.05, 4.69) is 0 Å². The smallest absolute Gasteiger partial charge is 0.129 e.